The average molecular weight is 358 g/mol. The summed E-state index contributed by atoms with van der Waals surface area (Å²) in [6, 6.07) is 18.3. The van der Waals surface area contributed by atoms with Crippen molar-refractivity contribution in [2.75, 3.05) is 5.32 Å². The molecule has 3 aromatic rings. The van der Waals surface area contributed by atoms with Crippen LogP contribution in [0.15, 0.2) is 71.2 Å². The molecule has 0 bridgehead atoms. The molecule has 0 spiro atoms. The lowest BCUT2D eigenvalue weighted by atomic mass is 10.2. The van der Waals surface area contributed by atoms with E-state index in [0.717, 1.165) is 11.3 Å². The maximum Gasteiger partial charge on any atom is 0.248 e. The molecule has 1 N–H and O–H groups in total. The third-order valence-electron chi connectivity index (χ3n) is 3.27. The first-order valence-corrected chi connectivity index (χ1v) is 7.97. The zero-order valence-corrected chi connectivity index (χ0v) is 14.0. The van der Waals surface area contributed by atoms with E-state index in [2.05, 4.69) is 5.32 Å². The van der Waals surface area contributed by atoms with Gasteiger partial charge in [0.25, 0.3) is 0 Å². The minimum Gasteiger partial charge on any atom is -0.457 e. The van der Waals surface area contributed by atoms with Crippen LogP contribution in [-0.2, 0) is 4.79 Å². The maximum absolute atomic E-state index is 11.9. The lowest BCUT2D eigenvalue weighted by Crippen LogP contribution is -2.07. The summed E-state index contributed by atoms with van der Waals surface area (Å²) in [5.41, 5.74) is 1.56. The molecule has 5 heteroatoms. The number of amides is 1. The van der Waals surface area contributed by atoms with Crippen LogP contribution in [0, 0.1) is 0 Å². The van der Waals surface area contributed by atoms with Gasteiger partial charge < -0.3 is 9.73 Å². The van der Waals surface area contributed by atoms with Crippen LogP contribution in [0.4, 0.5) is 5.69 Å². The van der Waals surface area contributed by atoms with Crippen LogP contribution in [0.5, 0.6) is 0 Å². The molecule has 0 fully saturated rings. The van der Waals surface area contributed by atoms with Crippen LogP contribution in [0.3, 0.4) is 0 Å². The molecule has 0 aliphatic carbocycles. The van der Waals surface area contributed by atoms with Gasteiger partial charge in [0.1, 0.15) is 11.5 Å². The smallest absolute Gasteiger partial charge is 0.248 e. The lowest BCUT2D eigenvalue weighted by Gasteiger charge is -2.03. The third kappa shape index (κ3) is 4.07. The van der Waals surface area contributed by atoms with Crippen molar-refractivity contribution in [3.63, 3.8) is 0 Å². The van der Waals surface area contributed by atoms with E-state index in [4.69, 9.17) is 27.6 Å². The van der Waals surface area contributed by atoms with Crippen LogP contribution in [0.25, 0.3) is 17.4 Å². The first-order valence-electron chi connectivity index (χ1n) is 7.21. The Morgan fingerprint density at radius 1 is 0.958 bits per heavy atom. The summed E-state index contributed by atoms with van der Waals surface area (Å²) in [6.45, 7) is 0. The molecule has 1 aromatic heterocycles. The molecule has 0 saturated carbocycles. The first kappa shape index (κ1) is 16.4. The van der Waals surface area contributed by atoms with Crippen LogP contribution < -0.4 is 5.32 Å². The highest BCUT2D eigenvalue weighted by atomic mass is 35.5. The second-order valence-corrected chi connectivity index (χ2v) is 5.83. The fourth-order valence-electron chi connectivity index (χ4n) is 2.12. The summed E-state index contributed by atoms with van der Waals surface area (Å²) in [4.78, 5) is 11.9. The highest BCUT2D eigenvalue weighted by Gasteiger charge is 2.04. The minimum atomic E-state index is -0.286. The van der Waals surface area contributed by atoms with Gasteiger partial charge in [-0.3, -0.25) is 4.79 Å². The molecule has 0 radical (unpaired) electrons. The summed E-state index contributed by atoms with van der Waals surface area (Å²) in [6.07, 6.45) is 3.01. The highest BCUT2D eigenvalue weighted by molar-refractivity contribution is 6.42. The van der Waals surface area contributed by atoms with Crippen molar-refractivity contribution in [3.8, 4) is 11.3 Å². The van der Waals surface area contributed by atoms with E-state index in [1.807, 2.05) is 42.5 Å². The Bertz CT molecular complexity index is 885. The number of anilines is 1. The molecule has 120 valence electrons. The number of benzene rings is 2. The first-order chi connectivity index (χ1) is 11.6. The number of furan rings is 1. The fraction of sp³-hybridized carbons (Fsp3) is 0. The summed E-state index contributed by atoms with van der Waals surface area (Å²) < 4.78 is 5.70. The molecule has 0 aliphatic rings. The fourth-order valence-corrected chi connectivity index (χ4v) is 2.41. The van der Waals surface area contributed by atoms with Gasteiger partial charge in [0.05, 0.1) is 10.0 Å². The van der Waals surface area contributed by atoms with Gasteiger partial charge >= 0.3 is 0 Å². The number of carbonyl (C=O) groups excluding carboxylic acids is 1. The zero-order valence-electron chi connectivity index (χ0n) is 12.5. The van der Waals surface area contributed by atoms with Gasteiger partial charge in [0, 0.05) is 17.3 Å². The van der Waals surface area contributed by atoms with Gasteiger partial charge in [-0.15, -0.1) is 0 Å². The van der Waals surface area contributed by atoms with Crippen molar-refractivity contribution < 1.29 is 9.21 Å². The lowest BCUT2D eigenvalue weighted by molar-refractivity contribution is -0.111. The standard InChI is InChI=1S/C19H13Cl2NO2/c20-16-9-6-14(12-17(16)21)22-19(23)11-8-15-7-10-18(24-15)13-4-2-1-3-5-13/h1-12H,(H,22,23)/b11-8+. The number of rotatable bonds is 4. The van der Waals surface area contributed by atoms with Gasteiger partial charge in [-0.05, 0) is 36.4 Å². The molecule has 0 aliphatic heterocycles. The van der Waals surface area contributed by atoms with Gasteiger partial charge in [0.15, 0.2) is 0 Å². The molecular weight excluding hydrogens is 345 g/mol. The Kier molecular flexibility index (Phi) is 5.04. The van der Waals surface area contributed by atoms with Crippen molar-refractivity contribution in [1.29, 1.82) is 0 Å². The summed E-state index contributed by atoms with van der Waals surface area (Å²) >= 11 is 11.8. The number of carbonyl (C=O) groups is 1. The Morgan fingerprint density at radius 3 is 2.50 bits per heavy atom. The van der Waals surface area contributed by atoms with E-state index in [1.54, 1.807) is 24.3 Å². The Balaban J connectivity index is 1.66. The Morgan fingerprint density at radius 2 is 1.75 bits per heavy atom. The molecule has 3 rings (SSSR count). The van der Waals surface area contributed by atoms with E-state index in [1.165, 1.54) is 6.08 Å². The summed E-state index contributed by atoms with van der Waals surface area (Å²) in [5, 5.41) is 3.53. The van der Waals surface area contributed by atoms with Crippen molar-refractivity contribution in [1.82, 2.24) is 0 Å². The molecule has 0 atom stereocenters. The van der Waals surface area contributed by atoms with E-state index in [9.17, 15) is 4.79 Å². The summed E-state index contributed by atoms with van der Waals surface area (Å²) in [5.74, 6) is 1.06. The van der Waals surface area contributed by atoms with Gasteiger partial charge in [0.2, 0.25) is 5.91 Å². The van der Waals surface area contributed by atoms with Crippen molar-refractivity contribution >= 4 is 40.9 Å². The monoisotopic (exact) mass is 357 g/mol. The van der Waals surface area contributed by atoms with E-state index >= 15 is 0 Å². The SMILES string of the molecule is O=C(/C=C/c1ccc(-c2ccccc2)o1)Nc1ccc(Cl)c(Cl)c1. The average Bonchev–Trinajstić information content (AvgIpc) is 3.06. The molecule has 3 nitrogen and oxygen atoms in total. The van der Waals surface area contributed by atoms with Crippen molar-refractivity contribution in [2.45, 2.75) is 0 Å². The largest absolute Gasteiger partial charge is 0.457 e. The van der Waals surface area contributed by atoms with Gasteiger partial charge in [-0.1, -0.05) is 53.5 Å². The minimum absolute atomic E-state index is 0.286. The third-order valence-corrected chi connectivity index (χ3v) is 4.01. The highest BCUT2D eigenvalue weighted by Crippen LogP contribution is 2.25. The Hall–Kier alpha value is -2.49. The predicted molar refractivity (Wildman–Crippen MR) is 98.3 cm³/mol. The molecule has 0 saturated heterocycles. The number of nitrogens with one attached hydrogen (secondary N) is 1. The number of halogens is 2. The molecular formula is C19H13Cl2NO2. The van der Waals surface area contributed by atoms with Crippen LogP contribution in [-0.4, -0.2) is 5.91 Å². The van der Waals surface area contributed by atoms with E-state index in [-0.39, 0.29) is 5.91 Å². The molecule has 24 heavy (non-hydrogen) atoms. The second-order valence-electron chi connectivity index (χ2n) is 5.02. The van der Waals surface area contributed by atoms with E-state index in [0.29, 0.717) is 21.5 Å². The maximum atomic E-state index is 11.9. The van der Waals surface area contributed by atoms with Crippen molar-refractivity contribution in [2.24, 2.45) is 0 Å². The van der Waals surface area contributed by atoms with Crippen LogP contribution in [0.1, 0.15) is 5.76 Å². The molecule has 2 aromatic carbocycles. The van der Waals surface area contributed by atoms with E-state index < -0.39 is 0 Å². The number of hydrogen-bond donors (Lipinski definition) is 1. The molecule has 1 amide bonds. The van der Waals surface area contributed by atoms with Crippen molar-refractivity contribution in [3.05, 3.63) is 82.5 Å². The summed E-state index contributed by atoms with van der Waals surface area (Å²) in [7, 11) is 0. The zero-order chi connectivity index (χ0) is 16.9. The predicted octanol–water partition coefficient (Wildman–Crippen LogP) is 5.91. The number of hydrogen-bond acceptors (Lipinski definition) is 2. The van der Waals surface area contributed by atoms with Crippen LogP contribution in [0.2, 0.25) is 10.0 Å². The Labute approximate surface area is 149 Å². The van der Waals surface area contributed by atoms with Crippen LogP contribution >= 0.6 is 23.2 Å². The topological polar surface area (TPSA) is 42.2 Å². The quantitative estimate of drug-likeness (QED) is 0.590. The molecule has 1 heterocycles. The van der Waals surface area contributed by atoms with Gasteiger partial charge in [-0.25, -0.2) is 0 Å². The molecule has 0 unspecified atom stereocenters. The normalized spacial score (nSPS) is 10.9. The second kappa shape index (κ2) is 7.39. The van der Waals surface area contributed by atoms with Gasteiger partial charge in [-0.2, -0.15) is 0 Å².